The minimum Gasteiger partial charge on any atom is -0.308 e. The van der Waals surface area contributed by atoms with E-state index in [1.807, 2.05) is 24.3 Å². The summed E-state index contributed by atoms with van der Waals surface area (Å²) in [7, 11) is 0. The molecule has 0 bridgehead atoms. The summed E-state index contributed by atoms with van der Waals surface area (Å²) in [6.07, 6.45) is 2.15. The summed E-state index contributed by atoms with van der Waals surface area (Å²) < 4.78 is 13.3. The number of benzene rings is 2. The van der Waals surface area contributed by atoms with Gasteiger partial charge in [-0.2, -0.15) is 0 Å². The first-order valence-corrected chi connectivity index (χ1v) is 6.52. The number of halogens is 1. The molecule has 3 heteroatoms. The van der Waals surface area contributed by atoms with Crippen LogP contribution >= 0.6 is 0 Å². The third kappa shape index (κ3) is 2.11. The molecule has 2 aromatic rings. The Morgan fingerprint density at radius 3 is 2.75 bits per heavy atom. The van der Waals surface area contributed by atoms with Gasteiger partial charge in [-0.05, 0) is 53.5 Å². The Morgan fingerprint density at radius 2 is 2.00 bits per heavy atom. The molecule has 3 rings (SSSR count). The van der Waals surface area contributed by atoms with Crippen molar-refractivity contribution in [2.75, 3.05) is 11.4 Å². The van der Waals surface area contributed by atoms with Crippen molar-refractivity contribution < 1.29 is 9.18 Å². The van der Waals surface area contributed by atoms with Crippen LogP contribution in [0.1, 0.15) is 5.56 Å². The minimum absolute atomic E-state index is 0.0812. The average Bonchev–Trinajstić information content (AvgIpc) is 2.89. The van der Waals surface area contributed by atoms with Gasteiger partial charge in [-0.3, -0.25) is 4.79 Å². The predicted molar refractivity (Wildman–Crippen MR) is 78.1 cm³/mol. The molecule has 0 N–H and O–H groups in total. The van der Waals surface area contributed by atoms with Gasteiger partial charge in [0, 0.05) is 12.2 Å². The van der Waals surface area contributed by atoms with Gasteiger partial charge in [-0.1, -0.05) is 24.8 Å². The Hall–Kier alpha value is -2.42. The summed E-state index contributed by atoms with van der Waals surface area (Å²) in [5.74, 6) is -0.325. The van der Waals surface area contributed by atoms with Crippen molar-refractivity contribution in [3.05, 3.63) is 66.5 Å². The fourth-order valence-electron chi connectivity index (χ4n) is 2.59. The highest BCUT2D eigenvalue weighted by molar-refractivity contribution is 6.02. The smallest absolute Gasteiger partial charge is 0.250 e. The lowest BCUT2D eigenvalue weighted by Crippen LogP contribution is -2.26. The first-order chi connectivity index (χ1) is 9.69. The molecule has 100 valence electrons. The number of nitrogens with zero attached hydrogens (tertiary/aromatic N) is 1. The number of carbonyl (C=O) groups excluding carboxylic acids is 1. The van der Waals surface area contributed by atoms with Crippen molar-refractivity contribution in [2.45, 2.75) is 6.42 Å². The zero-order chi connectivity index (χ0) is 14.1. The summed E-state index contributed by atoms with van der Waals surface area (Å²) in [4.78, 5) is 13.5. The van der Waals surface area contributed by atoms with E-state index in [0.717, 1.165) is 28.8 Å². The van der Waals surface area contributed by atoms with Crippen molar-refractivity contribution >= 4 is 11.6 Å². The summed E-state index contributed by atoms with van der Waals surface area (Å²) in [6.45, 7) is 4.19. The Balaban J connectivity index is 1.99. The van der Waals surface area contributed by atoms with Crippen LogP contribution in [0.5, 0.6) is 0 Å². The fraction of sp³-hybridized carbons (Fsp3) is 0.118. The Morgan fingerprint density at radius 1 is 1.20 bits per heavy atom. The second-order valence-electron chi connectivity index (χ2n) is 4.80. The van der Waals surface area contributed by atoms with Crippen molar-refractivity contribution in [1.82, 2.24) is 0 Å². The monoisotopic (exact) mass is 267 g/mol. The highest BCUT2D eigenvalue weighted by Gasteiger charge is 2.23. The molecule has 2 nitrogen and oxygen atoms in total. The molecule has 0 unspecified atom stereocenters. The lowest BCUT2D eigenvalue weighted by Gasteiger charge is -2.15. The second kappa shape index (κ2) is 4.93. The van der Waals surface area contributed by atoms with Crippen molar-refractivity contribution in [3.8, 4) is 11.1 Å². The number of carbonyl (C=O) groups is 1. The van der Waals surface area contributed by atoms with Gasteiger partial charge >= 0.3 is 0 Å². The van der Waals surface area contributed by atoms with Crippen LogP contribution in [0.4, 0.5) is 10.1 Å². The van der Waals surface area contributed by atoms with Crippen LogP contribution in [0.2, 0.25) is 0 Å². The third-order valence-electron chi connectivity index (χ3n) is 3.57. The van der Waals surface area contributed by atoms with E-state index in [1.165, 1.54) is 18.2 Å². The van der Waals surface area contributed by atoms with E-state index >= 15 is 0 Å². The van der Waals surface area contributed by atoms with Crippen LogP contribution in [0.3, 0.4) is 0 Å². The Labute approximate surface area is 117 Å². The van der Waals surface area contributed by atoms with Crippen LogP contribution in [0, 0.1) is 5.82 Å². The standard InChI is InChI=1S/C17H14FNO/c1-2-17(20)19-9-8-14-10-13(6-7-16(14)19)12-4-3-5-15(18)11-12/h2-7,10-11H,1,8-9H2. The molecular weight excluding hydrogens is 253 g/mol. The first kappa shape index (κ1) is 12.6. The van der Waals surface area contributed by atoms with E-state index in [1.54, 1.807) is 11.0 Å². The predicted octanol–water partition coefficient (Wildman–Crippen LogP) is 3.57. The van der Waals surface area contributed by atoms with Gasteiger partial charge in [0.05, 0.1) is 0 Å². The van der Waals surface area contributed by atoms with Gasteiger partial charge in [-0.15, -0.1) is 0 Å². The zero-order valence-electron chi connectivity index (χ0n) is 11.0. The van der Waals surface area contributed by atoms with Crippen LogP contribution in [-0.2, 0) is 11.2 Å². The SMILES string of the molecule is C=CC(=O)N1CCc2cc(-c3cccc(F)c3)ccc21. The van der Waals surface area contributed by atoms with Gasteiger partial charge in [0.25, 0.3) is 0 Å². The summed E-state index contributed by atoms with van der Waals surface area (Å²) >= 11 is 0. The molecule has 0 saturated heterocycles. The van der Waals surface area contributed by atoms with Crippen LogP contribution in [0.25, 0.3) is 11.1 Å². The van der Waals surface area contributed by atoms with Crippen molar-refractivity contribution in [3.63, 3.8) is 0 Å². The van der Waals surface area contributed by atoms with Crippen LogP contribution in [0.15, 0.2) is 55.1 Å². The number of fused-ring (bicyclic) bond motifs is 1. The quantitative estimate of drug-likeness (QED) is 0.762. The number of amides is 1. The molecule has 1 aliphatic heterocycles. The maximum absolute atomic E-state index is 13.3. The Bertz CT molecular complexity index is 693. The zero-order valence-corrected chi connectivity index (χ0v) is 11.0. The Kier molecular flexibility index (Phi) is 3.11. The van der Waals surface area contributed by atoms with E-state index in [4.69, 9.17) is 0 Å². The maximum atomic E-state index is 13.3. The maximum Gasteiger partial charge on any atom is 0.250 e. The van der Waals surface area contributed by atoms with Gasteiger partial charge in [-0.25, -0.2) is 4.39 Å². The first-order valence-electron chi connectivity index (χ1n) is 6.52. The molecule has 0 aromatic heterocycles. The molecule has 0 radical (unpaired) electrons. The highest BCUT2D eigenvalue weighted by atomic mass is 19.1. The molecule has 1 aliphatic rings. The van der Waals surface area contributed by atoms with Crippen molar-refractivity contribution in [1.29, 1.82) is 0 Å². The number of hydrogen-bond donors (Lipinski definition) is 0. The van der Waals surface area contributed by atoms with Gasteiger partial charge < -0.3 is 4.90 Å². The van der Waals surface area contributed by atoms with E-state index in [9.17, 15) is 9.18 Å². The molecule has 1 heterocycles. The summed E-state index contributed by atoms with van der Waals surface area (Å²) in [5, 5.41) is 0. The summed E-state index contributed by atoms with van der Waals surface area (Å²) in [5.41, 5.74) is 3.86. The van der Waals surface area contributed by atoms with E-state index < -0.39 is 0 Å². The molecule has 0 atom stereocenters. The van der Waals surface area contributed by atoms with Crippen molar-refractivity contribution in [2.24, 2.45) is 0 Å². The van der Waals surface area contributed by atoms with E-state index in [0.29, 0.717) is 6.54 Å². The molecule has 0 aliphatic carbocycles. The van der Waals surface area contributed by atoms with Gasteiger partial charge in [0.1, 0.15) is 5.82 Å². The lowest BCUT2D eigenvalue weighted by molar-refractivity contribution is -0.114. The van der Waals surface area contributed by atoms with E-state index in [2.05, 4.69) is 6.58 Å². The molecule has 1 amide bonds. The number of hydrogen-bond acceptors (Lipinski definition) is 1. The largest absolute Gasteiger partial charge is 0.308 e. The highest BCUT2D eigenvalue weighted by Crippen LogP contribution is 2.32. The fourth-order valence-corrected chi connectivity index (χ4v) is 2.59. The molecule has 20 heavy (non-hydrogen) atoms. The van der Waals surface area contributed by atoms with Crippen LogP contribution < -0.4 is 4.90 Å². The van der Waals surface area contributed by atoms with Gasteiger partial charge in [0.15, 0.2) is 0 Å². The normalized spacial score (nSPS) is 13.2. The average molecular weight is 267 g/mol. The molecular formula is C17H14FNO. The summed E-state index contributed by atoms with van der Waals surface area (Å²) in [6, 6.07) is 12.4. The van der Waals surface area contributed by atoms with Crippen LogP contribution in [-0.4, -0.2) is 12.5 Å². The lowest BCUT2D eigenvalue weighted by atomic mass is 10.0. The topological polar surface area (TPSA) is 20.3 Å². The molecule has 0 saturated carbocycles. The molecule has 0 spiro atoms. The van der Waals surface area contributed by atoms with Gasteiger partial charge in [0.2, 0.25) is 5.91 Å². The minimum atomic E-state index is -0.244. The van der Waals surface area contributed by atoms with E-state index in [-0.39, 0.29) is 11.7 Å². The molecule has 0 fully saturated rings. The second-order valence-corrected chi connectivity index (χ2v) is 4.80. The third-order valence-corrected chi connectivity index (χ3v) is 3.57. The number of anilines is 1. The number of rotatable bonds is 2. The molecule has 2 aromatic carbocycles.